The summed E-state index contributed by atoms with van der Waals surface area (Å²) < 4.78 is 34.1. The molecule has 1 heterocycles. The second-order valence-electron chi connectivity index (χ2n) is 6.23. The maximum absolute atomic E-state index is 13.4. The van der Waals surface area contributed by atoms with Gasteiger partial charge in [0.1, 0.15) is 16.9 Å². The van der Waals surface area contributed by atoms with E-state index in [0.29, 0.717) is 42.6 Å². The Morgan fingerprint density at radius 2 is 1.40 bits per heavy atom. The molecule has 0 aliphatic heterocycles. The normalized spacial score (nSPS) is 10.7. The molecule has 0 fully saturated rings. The standard InChI is InChI=1S/C23H26O7/c1-6-27-15-11-9-14(10-12-15)20-23(26-5)19(24)18-16(28-7-2)13-17(29-8-3)21(25-4)22(18)30-20/h9-13H,6-8H2,1-5H3. The Hall–Kier alpha value is -3.35. The minimum atomic E-state index is -0.354. The van der Waals surface area contributed by atoms with Crippen LogP contribution in [0.5, 0.6) is 28.7 Å². The second-order valence-corrected chi connectivity index (χ2v) is 6.23. The molecule has 0 radical (unpaired) electrons. The molecule has 3 rings (SSSR count). The van der Waals surface area contributed by atoms with Crippen molar-refractivity contribution < 1.29 is 28.1 Å². The van der Waals surface area contributed by atoms with E-state index in [1.165, 1.54) is 14.2 Å². The number of fused-ring (bicyclic) bond motifs is 1. The van der Waals surface area contributed by atoms with E-state index in [2.05, 4.69) is 0 Å². The van der Waals surface area contributed by atoms with Gasteiger partial charge in [-0.25, -0.2) is 0 Å². The molecule has 0 bridgehead atoms. The summed E-state index contributed by atoms with van der Waals surface area (Å²) in [5.74, 6) is 2.19. The Bertz CT molecular complexity index is 1070. The molecule has 0 N–H and O–H groups in total. The van der Waals surface area contributed by atoms with E-state index in [9.17, 15) is 4.79 Å². The Balaban J connectivity index is 2.35. The summed E-state index contributed by atoms with van der Waals surface area (Å²) in [5, 5.41) is 0.240. The highest BCUT2D eigenvalue weighted by Gasteiger charge is 2.25. The monoisotopic (exact) mass is 414 g/mol. The van der Waals surface area contributed by atoms with Crippen LogP contribution in [0.2, 0.25) is 0 Å². The average Bonchev–Trinajstić information content (AvgIpc) is 2.75. The van der Waals surface area contributed by atoms with Crippen LogP contribution in [0.1, 0.15) is 20.8 Å². The van der Waals surface area contributed by atoms with Gasteiger partial charge in [0.2, 0.25) is 16.9 Å². The van der Waals surface area contributed by atoms with Gasteiger partial charge < -0.3 is 28.1 Å². The van der Waals surface area contributed by atoms with Gasteiger partial charge in [0.25, 0.3) is 0 Å². The fraction of sp³-hybridized carbons (Fsp3) is 0.348. The van der Waals surface area contributed by atoms with Crippen molar-refractivity contribution in [3.8, 4) is 40.1 Å². The zero-order chi connectivity index (χ0) is 21.7. The molecule has 0 saturated heterocycles. The number of methoxy groups -OCH3 is 2. The van der Waals surface area contributed by atoms with E-state index in [4.69, 9.17) is 28.1 Å². The second kappa shape index (κ2) is 9.43. The van der Waals surface area contributed by atoms with Crippen LogP contribution in [-0.4, -0.2) is 34.0 Å². The number of rotatable bonds is 9. The molecular formula is C23H26O7. The molecule has 0 saturated carbocycles. The van der Waals surface area contributed by atoms with Crippen molar-refractivity contribution in [3.63, 3.8) is 0 Å². The van der Waals surface area contributed by atoms with E-state index in [0.717, 1.165) is 5.75 Å². The lowest BCUT2D eigenvalue weighted by atomic mass is 10.1. The van der Waals surface area contributed by atoms with Crippen molar-refractivity contribution >= 4 is 11.0 Å². The summed E-state index contributed by atoms with van der Waals surface area (Å²) in [5.41, 5.74) is 0.546. The van der Waals surface area contributed by atoms with Crippen LogP contribution in [0.3, 0.4) is 0 Å². The van der Waals surface area contributed by atoms with E-state index < -0.39 is 0 Å². The first kappa shape index (κ1) is 21.4. The molecule has 0 aliphatic carbocycles. The van der Waals surface area contributed by atoms with Crippen molar-refractivity contribution in [2.75, 3.05) is 34.0 Å². The van der Waals surface area contributed by atoms with Gasteiger partial charge in [-0.2, -0.15) is 0 Å². The quantitative estimate of drug-likeness (QED) is 0.503. The summed E-state index contributed by atoms with van der Waals surface area (Å²) >= 11 is 0. The summed E-state index contributed by atoms with van der Waals surface area (Å²) in [6, 6.07) is 8.87. The van der Waals surface area contributed by atoms with Gasteiger partial charge in [-0.05, 0) is 45.0 Å². The smallest absolute Gasteiger partial charge is 0.239 e. The molecule has 0 aliphatic rings. The summed E-state index contributed by atoms with van der Waals surface area (Å²) in [4.78, 5) is 13.4. The summed E-state index contributed by atoms with van der Waals surface area (Å²) in [6.45, 7) is 6.96. The van der Waals surface area contributed by atoms with Crippen molar-refractivity contribution in [1.29, 1.82) is 0 Å². The first-order valence-electron chi connectivity index (χ1n) is 9.84. The molecule has 0 amide bonds. The predicted octanol–water partition coefficient (Wildman–Crippen LogP) is 4.67. The minimum absolute atomic E-state index is 0.0822. The molecule has 3 aromatic rings. The Labute approximate surface area is 175 Å². The van der Waals surface area contributed by atoms with Gasteiger partial charge in [-0.3, -0.25) is 4.79 Å². The van der Waals surface area contributed by atoms with Gasteiger partial charge in [0, 0.05) is 11.6 Å². The van der Waals surface area contributed by atoms with E-state index in [1.54, 1.807) is 18.2 Å². The first-order valence-corrected chi connectivity index (χ1v) is 9.84. The van der Waals surface area contributed by atoms with Crippen LogP contribution in [0.15, 0.2) is 39.5 Å². The minimum Gasteiger partial charge on any atom is -0.494 e. The van der Waals surface area contributed by atoms with Gasteiger partial charge in [-0.1, -0.05) is 0 Å². The largest absolute Gasteiger partial charge is 0.494 e. The fourth-order valence-corrected chi connectivity index (χ4v) is 3.24. The Morgan fingerprint density at radius 3 is 1.97 bits per heavy atom. The first-order chi connectivity index (χ1) is 14.6. The number of hydrogen-bond donors (Lipinski definition) is 0. The summed E-state index contributed by atoms with van der Waals surface area (Å²) in [6.07, 6.45) is 0. The van der Waals surface area contributed by atoms with Crippen LogP contribution >= 0.6 is 0 Å². The van der Waals surface area contributed by atoms with Gasteiger partial charge in [0.05, 0.1) is 34.0 Å². The fourth-order valence-electron chi connectivity index (χ4n) is 3.24. The van der Waals surface area contributed by atoms with Crippen LogP contribution in [0, 0.1) is 0 Å². The van der Waals surface area contributed by atoms with Crippen molar-refractivity contribution in [2.45, 2.75) is 20.8 Å². The van der Waals surface area contributed by atoms with Crippen LogP contribution in [-0.2, 0) is 0 Å². The molecule has 1 aromatic heterocycles. The van der Waals surface area contributed by atoms with E-state index in [-0.39, 0.29) is 27.9 Å². The lowest BCUT2D eigenvalue weighted by Gasteiger charge is -2.17. The van der Waals surface area contributed by atoms with Crippen molar-refractivity contribution in [3.05, 3.63) is 40.6 Å². The summed E-state index contributed by atoms with van der Waals surface area (Å²) in [7, 11) is 2.93. The topological polar surface area (TPSA) is 76.4 Å². The molecule has 0 spiro atoms. The van der Waals surface area contributed by atoms with E-state index >= 15 is 0 Å². The zero-order valence-electron chi connectivity index (χ0n) is 17.9. The van der Waals surface area contributed by atoms with Gasteiger partial charge in [0.15, 0.2) is 17.1 Å². The van der Waals surface area contributed by atoms with Gasteiger partial charge >= 0.3 is 0 Å². The lowest BCUT2D eigenvalue weighted by Crippen LogP contribution is -2.11. The molecule has 0 unspecified atom stereocenters. The third kappa shape index (κ3) is 3.87. The van der Waals surface area contributed by atoms with Gasteiger partial charge in [-0.15, -0.1) is 0 Å². The Morgan fingerprint density at radius 1 is 0.800 bits per heavy atom. The number of ether oxygens (including phenoxy) is 5. The zero-order valence-corrected chi connectivity index (χ0v) is 17.9. The predicted molar refractivity (Wildman–Crippen MR) is 115 cm³/mol. The molecule has 7 heteroatoms. The van der Waals surface area contributed by atoms with E-state index in [1.807, 2.05) is 32.9 Å². The lowest BCUT2D eigenvalue weighted by molar-refractivity contribution is 0.302. The highest BCUT2D eigenvalue weighted by atomic mass is 16.5. The molecule has 0 atom stereocenters. The highest BCUT2D eigenvalue weighted by molar-refractivity contribution is 5.93. The SMILES string of the molecule is CCOc1ccc(-c2oc3c(OC)c(OCC)cc(OCC)c3c(=O)c2OC)cc1. The van der Waals surface area contributed by atoms with Crippen molar-refractivity contribution in [1.82, 2.24) is 0 Å². The molecule has 2 aromatic carbocycles. The maximum Gasteiger partial charge on any atom is 0.239 e. The third-order valence-electron chi connectivity index (χ3n) is 4.44. The molecule has 160 valence electrons. The number of benzene rings is 2. The third-order valence-corrected chi connectivity index (χ3v) is 4.44. The van der Waals surface area contributed by atoms with Crippen LogP contribution < -0.4 is 29.1 Å². The Kier molecular flexibility index (Phi) is 6.72. The van der Waals surface area contributed by atoms with Crippen LogP contribution in [0.25, 0.3) is 22.3 Å². The molecule has 30 heavy (non-hydrogen) atoms. The maximum atomic E-state index is 13.4. The average molecular weight is 414 g/mol. The molecule has 7 nitrogen and oxygen atoms in total. The number of hydrogen-bond acceptors (Lipinski definition) is 7. The molecular weight excluding hydrogens is 388 g/mol. The van der Waals surface area contributed by atoms with Crippen molar-refractivity contribution in [2.24, 2.45) is 0 Å². The van der Waals surface area contributed by atoms with Crippen LogP contribution in [0.4, 0.5) is 0 Å². The highest BCUT2D eigenvalue weighted by Crippen LogP contribution is 2.43.